The Balaban J connectivity index is 0.000000287. The highest BCUT2D eigenvalue weighted by atomic mass is 32.2. The molecule has 0 fully saturated rings. The largest absolute Gasteiger partial charge is 0.744 e. The number of hydrogen-bond acceptors (Lipinski definition) is 8. The highest BCUT2D eigenvalue weighted by molar-refractivity contribution is 7.86. The first-order valence-corrected chi connectivity index (χ1v) is 27.2. The van der Waals surface area contributed by atoms with E-state index in [1.54, 1.807) is 24.3 Å². The second kappa shape index (κ2) is 23.7. The molecule has 10 aromatic rings. The van der Waals surface area contributed by atoms with Gasteiger partial charge in [0.25, 0.3) is 11.8 Å². The number of hydrogen-bond donors (Lipinski definition) is 2. The summed E-state index contributed by atoms with van der Waals surface area (Å²) in [7, 11) is -8.54. The van der Waals surface area contributed by atoms with E-state index in [9.17, 15) is 35.5 Å². The molecule has 382 valence electrons. The second-order valence-corrected chi connectivity index (χ2v) is 20.6. The van der Waals surface area contributed by atoms with Gasteiger partial charge >= 0.3 is 0 Å². The number of amides is 2. The van der Waals surface area contributed by atoms with Crippen LogP contribution in [-0.4, -0.2) is 37.8 Å². The number of fused-ring (bicyclic) bond motifs is 2. The van der Waals surface area contributed by atoms with Crippen molar-refractivity contribution in [2.24, 2.45) is 0 Å². The van der Waals surface area contributed by atoms with E-state index < -0.39 is 20.2 Å². The fourth-order valence-corrected chi connectivity index (χ4v) is 9.36. The first-order valence-electron chi connectivity index (χ1n) is 24.4. The lowest BCUT2D eigenvalue weighted by Gasteiger charge is -2.09. The third-order valence-electron chi connectivity index (χ3n) is 12.6. The summed E-state index contributed by atoms with van der Waals surface area (Å²) in [4.78, 5) is 25.8. The molecule has 14 heteroatoms. The van der Waals surface area contributed by atoms with E-state index in [0.29, 0.717) is 11.1 Å². The highest BCUT2D eigenvalue weighted by Gasteiger charge is 2.13. The van der Waals surface area contributed by atoms with Crippen molar-refractivity contribution in [2.45, 2.75) is 50.6 Å². The molecule has 2 aromatic heterocycles. The Kier molecular flexibility index (Phi) is 16.7. The molecule has 0 saturated heterocycles. The number of nitrogens with one attached hydrogen (secondary N) is 2. The minimum Gasteiger partial charge on any atom is -0.744 e. The van der Waals surface area contributed by atoms with Gasteiger partial charge in [0.1, 0.15) is 33.3 Å². The van der Waals surface area contributed by atoms with Gasteiger partial charge in [-0.2, -0.15) is 9.13 Å². The van der Waals surface area contributed by atoms with Crippen molar-refractivity contribution in [3.63, 3.8) is 0 Å². The molecule has 2 amide bonds. The predicted octanol–water partition coefficient (Wildman–Crippen LogP) is 11.9. The van der Waals surface area contributed by atoms with Crippen LogP contribution in [0.1, 0.15) is 45.7 Å². The van der Waals surface area contributed by atoms with Crippen LogP contribution in [0.2, 0.25) is 0 Å². The standard InChI is InChI=1S/C48H38N4O2.2C7H8O3S/c1-3-51-29-5-7-41-31-43(25-27-45(41)51)49-47(53)39-21-17-37(18-22-39)35-13-9-33(10-14-35)34-11-15-36(16-12-34)38-19-23-40(24-20-38)48(54)50-44-26-28-46-42(32-44)8-6-30-52(46)4-2;2*1-6-2-4-7(5-3-6)11(8,9)10/h5-32H,3-4H2,1-2H3;2*2-5H,1H3,(H,8,9,10). The van der Waals surface area contributed by atoms with E-state index in [0.717, 1.165) is 90.8 Å². The summed E-state index contributed by atoms with van der Waals surface area (Å²) in [5.41, 5.74) is 13.4. The Morgan fingerprint density at radius 1 is 0.408 bits per heavy atom. The lowest BCUT2D eigenvalue weighted by molar-refractivity contribution is -0.668. The predicted molar refractivity (Wildman–Crippen MR) is 297 cm³/mol. The molecular formula is C62H54N4O8S2. The number of carbonyl (C=O) groups excluding carboxylic acids is 2. The van der Waals surface area contributed by atoms with Crippen LogP contribution in [-0.2, 0) is 33.3 Å². The first kappa shape index (κ1) is 53.6. The number of anilines is 2. The Morgan fingerprint density at radius 3 is 0.974 bits per heavy atom. The number of rotatable bonds is 11. The van der Waals surface area contributed by atoms with Crippen LogP contribution < -0.4 is 19.8 Å². The molecule has 0 spiro atoms. The number of benzene rings is 8. The average molecular weight is 1050 g/mol. The Bertz CT molecular complexity index is 3650. The van der Waals surface area contributed by atoms with Gasteiger partial charge in [0.05, 0.1) is 9.79 Å². The van der Waals surface area contributed by atoms with E-state index in [1.807, 2.05) is 111 Å². The van der Waals surface area contributed by atoms with Gasteiger partial charge in [0.2, 0.25) is 11.0 Å². The monoisotopic (exact) mass is 1050 g/mol. The lowest BCUT2D eigenvalue weighted by Crippen LogP contribution is -2.32. The summed E-state index contributed by atoms with van der Waals surface area (Å²) in [6.45, 7) is 9.65. The molecule has 10 rings (SSSR count). The number of aryl methyl sites for hydroxylation is 4. The summed E-state index contributed by atoms with van der Waals surface area (Å²) in [5, 5.41) is 8.26. The first-order chi connectivity index (χ1) is 36.4. The molecule has 0 atom stereocenters. The molecule has 2 heterocycles. The maximum atomic E-state index is 13.1. The third-order valence-corrected chi connectivity index (χ3v) is 14.3. The van der Waals surface area contributed by atoms with Crippen molar-refractivity contribution in [2.75, 3.05) is 10.6 Å². The van der Waals surface area contributed by atoms with E-state index in [2.05, 4.69) is 107 Å². The molecule has 0 aliphatic carbocycles. The van der Waals surface area contributed by atoms with E-state index >= 15 is 0 Å². The van der Waals surface area contributed by atoms with Gasteiger partial charge in [0.15, 0.2) is 12.4 Å². The van der Waals surface area contributed by atoms with Gasteiger partial charge in [0, 0.05) is 57.5 Å². The van der Waals surface area contributed by atoms with Crippen molar-refractivity contribution < 1.29 is 44.7 Å². The summed E-state index contributed by atoms with van der Waals surface area (Å²) >= 11 is 0. The fourth-order valence-electron chi connectivity index (χ4n) is 8.42. The van der Waals surface area contributed by atoms with Gasteiger partial charge in [-0.1, -0.05) is 108 Å². The number of pyridine rings is 2. The van der Waals surface area contributed by atoms with Crippen molar-refractivity contribution in [1.82, 2.24) is 0 Å². The molecule has 0 aliphatic heterocycles. The molecular weight excluding hydrogens is 993 g/mol. The lowest BCUT2D eigenvalue weighted by atomic mass is 9.97. The van der Waals surface area contributed by atoms with Gasteiger partial charge < -0.3 is 19.7 Å². The van der Waals surface area contributed by atoms with Crippen LogP contribution in [0, 0.1) is 13.8 Å². The Labute approximate surface area is 443 Å². The number of nitrogens with zero attached hydrogens (tertiary/aromatic N) is 2. The minimum atomic E-state index is -4.27. The van der Waals surface area contributed by atoms with Crippen LogP contribution in [0.15, 0.2) is 228 Å². The molecule has 0 saturated carbocycles. The SMILES string of the molecule is CC[n+]1cccc2cc(NC(=O)c3ccc(-c4ccc(-c5ccc(-c6ccc(C(=O)Nc7ccc8c(ccc[n+]8CC)c7)cc6)cc5)cc4)cc3)ccc21.Cc1ccc(S(=O)(=O)[O-])cc1.Cc1ccc(S(=O)(=O)[O-])cc1. The van der Waals surface area contributed by atoms with Gasteiger partial charge in [-0.15, -0.1) is 0 Å². The summed E-state index contributed by atoms with van der Waals surface area (Å²) in [6.07, 6.45) is 4.13. The zero-order chi connectivity index (χ0) is 54.0. The third kappa shape index (κ3) is 13.5. The number of aromatic nitrogens is 2. The zero-order valence-electron chi connectivity index (χ0n) is 42.2. The van der Waals surface area contributed by atoms with Crippen molar-refractivity contribution >= 4 is 65.2 Å². The van der Waals surface area contributed by atoms with Crippen LogP contribution >= 0.6 is 0 Å². The molecule has 8 aromatic carbocycles. The van der Waals surface area contributed by atoms with Gasteiger partial charge in [-0.05, 0) is 146 Å². The highest BCUT2D eigenvalue weighted by Crippen LogP contribution is 2.29. The topological polar surface area (TPSA) is 180 Å². The van der Waals surface area contributed by atoms with E-state index in [1.165, 1.54) is 24.3 Å². The van der Waals surface area contributed by atoms with Crippen molar-refractivity contribution in [1.29, 1.82) is 0 Å². The minimum absolute atomic E-state index is 0.137. The van der Waals surface area contributed by atoms with Crippen LogP contribution in [0.25, 0.3) is 55.2 Å². The van der Waals surface area contributed by atoms with Crippen LogP contribution in [0.3, 0.4) is 0 Å². The van der Waals surface area contributed by atoms with E-state index in [-0.39, 0.29) is 21.6 Å². The molecule has 0 radical (unpaired) electrons. The Hall–Kier alpha value is -8.66. The summed E-state index contributed by atoms with van der Waals surface area (Å²) in [5.74, 6) is -0.274. The molecule has 0 unspecified atom stereocenters. The molecule has 2 N–H and O–H groups in total. The normalized spacial score (nSPS) is 11.2. The smallest absolute Gasteiger partial charge is 0.255 e. The molecule has 76 heavy (non-hydrogen) atoms. The van der Waals surface area contributed by atoms with Crippen LogP contribution in [0.5, 0.6) is 0 Å². The fraction of sp³-hybridized carbons (Fsp3) is 0.0968. The zero-order valence-corrected chi connectivity index (χ0v) is 43.8. The Morgan fingerprint density at radius 2 is 0.697 bits per heavy atom. The van der Waals surface area contributed by atoms with Crippen LogP contribution in [0.4, 0.5) is 11.4 Å². The second-order valence-electron chi connectivity index (χ2n) is 17.9. The molecule has 0 bridgehead atoms. The number of carbonyl (C=O) groups is 2. The maximum absolute atomic E-state index is 13.1. The van der Waals surface area contributed by atoms with Gasteiger partial charge in [-0.25, -0.2) is 16.8 Å². The maximum Gasteiger partial charge on any atom is 0.255 e. The summed E-state index contributed by atoms with van der Waals surface area (Å²) in [6, 6.07) is 64.1. The molecule has 0 aliphatic rings. The summed E-state index contributed by atoms with van der Waals surface area (Å²) < 4.78 is 66.7. The van der Waals surface area contributed by atoms with Crippen molar-refractivity contribution in [3.8, 4) is 33.4 Å². The van der Waals surface area contributed by atoms with Crippen molar-refractivity contribution in [3.05, 3.63) is 241 Å². The average Bonchev–Trinajstić information content (AvgIpc) is 3.44. The van der Waals surface area contributed by atoms with Gasteiger partial charge in [-0.3, -0.25) is 9.59 Å². The molecule has 12 nitrogen and oxygen atoms in total. The van der Waals surface area contributed by atoms with E-state index in [4.69, 9.17) is 0 Å². The quantitative estimate of drug-likeness (QED) is 0.0948.